The molecule has 0 amide bonds. The topological polar surface area (TPSA) is 81.0 Å². The van der Waals surface area contributed by atoms with E-state index < -0.39 is 0 Å². The zero-order valence-corrected chi connectivity index (χ0v) is 21.9. The van der Waals surface area contributed by atoms with Gasteiger partial charge in [-0.2, -0.15) is 22.1 Å². The predicted molar refractivity (Wildman–Crippen MR) is 164 cm³/mol. The molecule has 190 valence electrons. The summed E-state index contributed by atoms with van der Waals surface area (Å²) in [4.78, 5) is 11.2. The number of nitriles is 2. The molecule has 0 fully saturated rings. The van der Waals surface area contributed by atoms with Crippen LogP contribution < -0.4 is 10.7 Å². The molecule has 7 rings (SSSR count). The van der Waals surface area contributed by atoms with Gasteiger partial charge < -0.3 is 0 Å². The van der Waals surface area contributed by atoms with Crippen molar-refractivity contribution in [2.75, 3.05) is 0 Å². The van der Waals surface area contributed by atoms with Crippen LogP contribution in [-0.4, -0.2) is 0 Å². The zero-order valence-electron chi connectivity index (χ0n) is 21.9. The molecule has 0 aromatic heterocycles. The van der Waals surface area contributed by atoms with Gasteiger partial charge in [0.25, 0.3) is 0 Å². The first kappa shape index (κ1) is 24.4. The van der Waals surface area contributed by atoms with E-state index in [1.165, 1.54) is 0 Å². The number of hydrogen-bond donors (Lipinski definition) is 0. The van der Waals surface area contributed by atoms with Gasteiger partial charge >= 0.3 is 0 Å². The van der Waals surface area contributed by atoms with Crippen LogP contribution >= 0.6 is 0 Å². The quantitative estimate of drug-likeness (QED) is 0.128. The van der Waals surface area contributed by atoms with Gasteiger partial charge in [0.1, 0.15) is 0 Å². The number of hydrogen-bond acceptors (Lipinski definition) is 4. The molecule has 6 heteroatoms. The second-order valence-corrected chi connectivity index (χ2v) is 9.93. The Hall–Kier alpha value is -6.60. The fraction of sp³-hybridized carbons (Fsp3) is 0. The molecule has 0 heterocycles. The highest BCUT2D eigenvalue weighted by Gasteiger charge is 2.17. The molecule has 0 bridgehead atoms. The van der Waals surface area contributed by atoms with Crippen LogP contribution in [0.15, 0.2) is 107 Å². The standard InChI is InChI=1S/C36H16N6/c1-39-26-8-4-7-23(14-26)25-10-12-28-30-17-33-29(18-34(30)36(42-40-2)32(28)16-25)27-11-9-24(15-31(27)35(33)41-20-38)22-6-3-5-21(13-22)19-37/h3-18H/b41-35?,42-36+. The molecule has 0 aliphatic rings. The number of fused-ring (bicyclic) bond motifs is 6. The molecular formula is C36H16N6. The number of rotatable bonds is 2. The molecule has 0 N–H and O–H groups in total. The van der Waals surface area contributed by atoms with Gasteiger partial charge in [-0.05, 0) is 86.3 Å². The molecule has 0 radical (unpaired) electrons. The number of nitrogens with zero attached hydrogens (tertiary/aromatic N) is 6. The monoisotopic (exact) mass is 532 g/mol. The summed E-state index contributed by atoms with van der Waals surface area (Å²) in [6.45, 7) is 14.9. The van der Waals surface area contributed by atoms with Crippen LogP contribution in [0.5, 0.6) is 0 Å². The normalized spacial score (nSPS) is 12.0. The van der Waals surface area contributed by atoms with Crippen molar-refractivity contribution in [1.82, 2.24) is 0 Å². The molecule has 0 spiro atoms. The summed E-state index contributed by atoms with van der Waals surface area (Å²) in [5, 5.41) is 31.5. The Labute approximate surface area is 239 Å². The maximum absolute atomic E-state index is 9.63. The SMILES string of the molecule is [C-]#[N+]/N=c1\c2cc(-c3cccc([N+]#[C-])c3)ccc2c2cc3c(=NC#N)c4cc(-c5cccc(C#N)c5)ccc4c3cc12. The van der Waals surface area contributed by atoms with Crippen molar-refractivity contribution >= 4 is 48.8 Å². The summed E-state index contributed by atoms with van der Waals surface area (Å²) in [5.74, 6) is 0. The van der Waals surface area contributed by atoms with Crippen molar-refractivity contribution < 1.29 is 0 Å². The van der Waals surface area contributed by atoms with E-state index in [2.05, 4.69) is 26.0 Å². The minimum Gasteiger partial charge on any atom is -0.238 e. The van der Waals surface area contributed by atoms with Crippen molar-refractivity contribution in [1.29, 1.82) is 10.5 Å². The molecule has 0 saturated carbocycles. The first-order valence-electron chi connectivity index (χ1n) is 13.0. The van der Waals surface area contributed by atoms with Crippen LogP contribution in [0, 0.1) is 35.9 Å². The third-order valence-corrected chi connectivity index (χ3v) is 7.74. The van der Waals surface area contributed by atoms with Crippen LogP contribution in [0.2, 0.25) is 0 Å². The maximum atomic E-state index is 9.63. The Balaban J connectivity index is 1.53. The van der Waals surface area contributed by atoms with E-state index in [-0.39, 0.29) is 0 Å². The average molecular weight is 533 g/mol. The van der Waals surface area contributed by atoms with E-state index in [9.17, 15) is 10.5 Å². The lowest BCUT2D eigenvalue weighted by Gasteiger charge is -2.03. The summed E-state index contributed by atoms with van der Waals surface area (Å²) < 4.78 is 0. The highest BCUT2D eigenvalue weighted by molar-refractivity contribution is 6.21. The van der Waals surface area contributed by atoms with E-state index in [4.69, 9.17) is 13.1 Å². The summed E-state index contributed by atoms with van der Waals surface area (Å²) in [6, 6.07) is 33.2. The van der Waals surface area contributed by atoms with E-state index >= 15 is 0 Å². The maximum Gasteiger partial charge on any atom is 0.206 e. The van der Waals surface area contributed by atoms with Crippen LogP contribution in [-0.2, 0) is 0 Å². The van der Waals surface area contributed by atoms with E-state index in [1.807, 2.05) is 91.1 Å². The second kappa shape index (κ2) is 9.55. The summed E-state index contributed by atoms with van der Waals surface area (Å²) >= 11 is 0. The van der Waals surface area contributed by atoms with E-state index in [0.717, 1.165) is 65.3 Å². The molecule has 7 aromatic rings. The smallest absolute Gasteiger partial charge is 0.206 e. The number of benzene rings is 5. The summed E-state index contributed by atoms with van der Waals surface area (Å²) in [7, 11) is 0. The fourth-order valence-electron chi connectivity index (χ4n) is 5.89. The lowest BCUT2D eigenvalue weighted by Crippen LogP contribution is -1.99. The van der Waals surface area contributed by atoms with Gasteiger partial charge in [-0.1, -0.05) is 54.6 Å². The van der Waals surface area contributed by atoms with Crippen LogP contribution in [0.1, 0.15) is 5.56 Å². The fourth-order valence-corrected chi connectivity index (χ4v) is 5.89. The summed E-state index contributed by atoms with van der Waals surface area (Å²) in [6.07, 6.45) is 1.98. The molecule has 7 aromatic carbocycles. The van der Waals surface area contributed by atoms with E-state index in [0.29, 0.717) is 22.0 Å². The molecule has 0 unspecified atom stereocenters. The first-order valence-corrected chi connectivity index (χ1v) is 13.0. The highest BCUT2D eigenvalue weighted by Crippen LogP contribution is 2.35. The lowest BCUT2D eigenvalue weighted by atomic mass is 10.0. The summed E-state index contributed by atoms with van der Waals surface area (Å²) in [5.41, 5.74) is 4.82. The van der Waals surface area contributed by atoms with Crippen LogP contribution in [0.4, 0.5) is 5.69 Å². The molecular weight excluding hydrogens is 516 g/mol. The average Bonchev–Trinajstić information content (AvgIpc) is 3.51. The molecule has 0 saturated heterocycles. The Morgan fingerprint density at radius 1 is 0.548 bits per heavy atom. The van der Waals surface area contributed by atoms with E-state index in [1.54, 1.807) is 12.1 Å². The van der Waals surface area contributed by atoms with Gasteiger partial charge in [0.05, 0.1) is 28.7 Å². The third kappa shape index (κ3) is 3.70. The Morgan fingerprint density at radius 2 is 1.12 bits per heavy atom. The molecule has 0 atom stereocenters. The van der Waals surface area contributed by atoms with Gasteiger partial charge in [-0.3, -0.25) is 0 Å². The minimum atomic E-state index is 0.562. The first-order chi connectivity index (χ1) is 20.6. The van der Waals surface area contributed by atoms with Crippen molar-refractivity contribution in [2.45, 2.75) is 0 Å². The zero-order chi connectivity index (χ0) is 28.8. The lowest BCUT2D eigenvalue weighted by molar-refractivity contribution is 1.37. The minimum absolute atomic E-state index is 0.562. The van der Waals surface area contributed by atoms with Gasteiger partial charge in [-0.15, -0.1) is 4.95 Å². The Morgan fingerprint density at radius 3 is 1.74 bits per heavy atom. The van der Waals surface area contributed by atoms with Crippen LogP contribution in [0.3, 0.4) is 0 Å². The van der Waals surface area contributed by atoms with Gasteiger partial charge in [-0.25, -0.2) is 4.85 Å². The predicted octanol–water partition coefficient (Wildman–Crippen LogP) is 8.05. The van der Waals surface area contributed by atoms with Gasteiger partial charge in [0.2, 0.25) is 6.19 Å². The highest BCUT2D eigenvalue weighted by atomic mass is 15.2. The van der Waals surface area contributed by atoms with Crippen molar-refractivity contribution in [3.05, 3.63) is 136 Å². The third-order valence-electron chi connectivity index (χ3n) is 7.74. The molecule has 42 heavy (non-hydrogen) atoms. The largest absolute Gasteiger partial charge is 0.238 e. The molecule has 0 aliphatic carbocycles. The van der Waals surface area contributed by atoms with Gasteiger partial charge in [0, 0.05) is 21.5 Å². The van der Waals surface area contributed by atoms with Crippen molar-refractivity contribution in [3.63, 3.8) is 0 Å². The Bertz CT molecular complexity index is 2390. The molecule has 6 nitrogen and oxygen atoms in total. The van der Waals surface area contributed by atoms with Gasteiger partial charge in [0.15, 0.2) is 11.0 Å². The molecule has 0 aliphatic heterocycles. The van der Waals surface area contributed by atoms with Crippen molar-refractivity contribution in [3.8, 4) is 34.5 Å². The second-order valence-electron chi connectivity index (χ2n) is 9.93. The van der Waals surface area contributed by atoms with Crippen LogP contribution in [0.25, 0.3) is 75.1 Å². The van der Waals surface area contributed by atoms with Crippen molar-refractivity contribution in [2.24, 2.45) is 10.1 Å². The Kier molecular flexibility index (Phi) is 5.56.